The molecule has 1 aromatic heterocycles. The van der Waals surface area contributed by atoms with Crippen LogP contribution in [0.15, 0.2) is 12.3 Å². The number of nitrogens with zero attached hydrogens (tertiary/aromatic N) is 1. The highest BCUT2D eigenvalue weighted by Gasteiger charge is 2.13. The third-order valence-electron chi connectivity index (χ3n) is 2.82. The Kier molecular flexibility index (Phi) is 5.85. The maximum Gasteiger partial charge on any atom is 0.157 e. The Labute approximate surface area is 117 Å². The highest BCUT2D eigenvalue weighted by Crippen LogP contribution is 2.23. The molecule has 1 saturated heterocycles. The van der Waals surface area contributed by atoms with Crippen molar-refractivity contribution in [2.75, 3.05) is 19.8 Å². The van der Waals surface area contributed by atoms with Crippen LogP contribution in [0.25, 0.3) is 0 Å². The first kappa shape index (κ1) is 14.5. The van der Waals surface area contributed by atoms with E-state index in [4.69, 9.17) is 30.9 Å². The number of rotatable bonds is 6. The molecule has 1 N–H and O–H groups in total. The van der Waals surface area contributed by atoms with Gasteiger partial charge >= 0.3 is 0 Å². The van der Waals surface area contributed by atoms with Crippen molar-refractivity contribution in [1.82, 2.24) is 4.98 Å². The monoisotopic (exact) mass is 287 g/mol. The van der Waals surface area contributed by atoms with Gasteiger partial charge in [0.15, 0.2) is 12.0 Å². The lowest BCUT2D eigenvalue weighted by Gasteiger charge is -2.22. The van der Waals surface area contributed by atoms with Gasteiger partial charge in [-0.3, -0.25) is 4.98 Å². The maximum absolute atomic E-state index is 8.92. The van der Waals surface area contributed by atoms with E-state index in [1.165, 1.54) is 6.20 Å². The Morgan fingerprint density at radius 3 is 3.00 bits per heavy atom. The number of aliphatic hydroxyl groups is 1. The van der Waals surface area contributed by atoms with Crippen LogP contribution in [0.3, 0.4) is 0 Å². The molecule has 1 fully saturated rings. The van der Waals surface area contributed by atoms with Gasteiger partial charge in [-0.05, 0) is 25.3 Å². The first-order valence-corrected chi connectivity index (χ1v) is 6.78. The minimum absolute atomic E-state index is 0.109. The van der Waals surface area contributed by atoms with Gasteiger partial charge in [-0.2, -0.15) is 0 Å². The van der Waals surface area contributed by atoms with E-state index in [1.807, 2.05) is 0 Å². The molecule has 1 aliphatic heterocycles. The minimum Gasteiger partial charge on any atom is -0.488 e. The van der Waals surface area contributed by atoms with Crippen LogP contribution in [-0.2, 0) is 16.1 Å². The fourth-order valence-corrected chi connectivity index (χ4v) is 2.05. The van der Waals surface area contributed by atoms with Crippen LogP contribution in [0.1, 0.15) is 25.0 Å². The Morgan fingerprint density at radius 1 is 1.42 bits per heavy atom. The van der Waals surface area contributed by atoms with Crippen LogP contribution < -0.4 is 4.74 Å². The number of aliphatic hydroxyl groups excluding tert-OH is 1. The second-order valence-corrected chi connectivity index (χ2v) is 4.69. The molecule has 0 spiro atoms. The molecule has 6 heteroatoms. The van der Waals surface area contributed by atoms with E-state index in [0.717, 1.165) is 25.9 Å². The number of pyridine rings is 1. The van der Waals surface area contributed by atoms with E-state index in [9.17, 15) is 0 Å². The molecule has 5 nitrogen and oxygen atoms in total. The number of halogens is 1. The molecular weight excluding hydrogens is 270 g/mol. The standard InChI is InChI=1S/C13H18ClNO4/c14-11-7-10(9-16)15-8-12(11)17-5-6-19-13-3-1-2-4-18-13/h7-8,13,16H,1-6,9H2. The zero-order valence-electron chi connectivity index (χ0n) is 10.7. The summed E-state index contributed by atoms with van der Waals surface area (Å²) >= 11 is 5.99. The summed E-state index contributed by atoms with van der Waals surface area (Å²) in [5, 5.41) is 9.35. The molecule has 0 amide bonds. The SMILES string of the molecule is OCc1cc(Cl)c(OCCOC2CCCCO2)cn1. The minimum atomic E-state index is -0.137. The predicted molar refractivity (Wildman–Crippen MR) is 70.2 cm³/mol. The summed E-state index contributed by atoms with van der Waals surface area (Å²) in [7, 11) is 0. The average molecular weight is 288 g/mol. The van der Waals surface area contributed by atoms with E-state index < -0.39 is 0 Å². The molecule has 106 valence electrons. The summed E-state index contributed by atoms with van der Waals surface area (Å²) < 4.78 is 16.4. The molecule has 0 bridgehead atoms. The average Bonchev–Trinajstić information content (AvgIpc) is 2.46. The molecule has 1 aromatic rings. The third kappa shape index (κ3) is 4.62. The van der Waals surface area contributed by atoms with E-state index in [0.29, 0.717) is 29.7 Å². The van der Waals surface area contributed by atoms with Gasteiger partial charge in [-0.1, -0.05) is 11.6 Å². The quantitative estimate of drug-likeness (QED) is 0.812. The molecule has 1 aliphatic rings. The Balaban J connectivity index is 1.70. The summed E-state index contributed by atoms with van der Waals surface area (Å²) in [6, 6.07) is 1.59. The van der Waals surface area contributed by atoms with Crippen molar-refractivity contribution in [3.8, 4) is 5.75 Å². The van der Waals surface area contributed by atoms with Gasteiger partial charge in [0.1, 0.15) is 6.61 Å². The molecule has 0 aliphatic carbocycles. The molecule has 2 heterocycles. The molecular formula is C13H18ClNO4. The zero-order chi connectivity index (χ0) is 13.5. The predicted octanol–water partition coefficient (Wildman–Crippen LogP) is 2.15. The molecule has 1 unspecified atom stereocenters. The van der Waals surface area contributed by atoms with E-state index in [1.54, 1.807) is 6.07 Å². The highest BCUT2D eigenvalue weighted by molar-refractivity contribution is 6.32. The first-order valence-electron chi connectivity index (χ1n) is 6.41. The highest BCUT2D eigenvalue weighted by atomic mass is 35.5. The van der Waals surface area contributed by atoms with Crippen molar-refractivity contribution in [1.29, 1.82) is 0 Å². The van der Waals surface area contributed by atoms with Crippen molar-refractivity contribution in [2.45, 2.75) is 32.2 Å². The summed E-state index contributed by atoms with van der Waals surface area (Å²) in [6.45, 7) is 1.47. The topological polar surface area (TPSA) is 60.8 Å². The second-order valence-electron chi connectivity index (χ2n) is 4.28. The first-order chi connectivity index (χ1) is 9.29. The van der Waals surface area contributed by atoms with Gasteiger partial charge in [-0.25, -0.2) is 0 Å². The maximum atomic E-state index is 8.92. The summed E-state index contributed by atoms with van der Waals surface area (Å²) in [4.78, 5) is 4.00. The third-order valence-corrected chi connectivity index (χ3v) is 3.12. The van der Waals surface area contributed by atoms with Crippen molar-refractivity contribution >= 4 is 11.6 Å². The van der Waals surface area contributed by atoms with Gasteiger partial charge < -0.3 is 19.3 Å². The smallest absolute Gasteiger partial charge is 0.157 e. The van der Waals surface area contributed by atoms with E-state index in [-0.39, 0.29) is 12.9 Å². The molecule has 0 radical (unpaired) electrons. The largest absolute Gasteiger partial charge is 0.488 e. The number of ether oxygens (including phenoxy) is 3. The number of hydrogen-bond donors (Lipinski definition) is 1. The molecule has 19 heavy (non-hydrogen) atoms. The Bertz CT molecular complexity index is 396. The molecule has 1 atom stereocenters. The lowest BCUT2D eigenvalue weighted by Crippen LogP contribution is -2.24. The van der Waals surface area contributed by atoms with Gasteiger partial charge in [-0.15, -0.1) is 0 Å². The van der Waals surface area contributed by atoms with Gasteiger partial charge in [0.2, 0.25) is 0 Å². The van der Waals surface area contributed by atoms with E-state index in [2.05, 4.69) is 4.98 Å². The van der Waals surface area contributed by atoms with Crippen LogP contribution in [0, 0.1) is 0 Å². The fraction of sp³-hybridized carbons (Fsp3) is 0.615. The summed E-state index contributed by atoms with van der Waals surface area (Å²) in [6.07, 6.45) is 4.58. The summed E-state index contributed by atoms with van der Waals surface area (Å²) in [5.74, 6) is 0.493. The van der Waals surface area contributed by atoms with Crippen LogP contribution in [-0.4, -0.2) is 36.2 Å². The summed E-state index contributed by atoms with van der Waals surface area (Å²) in [5.41, 5.74) is 0.518. The lowest BCUT2D eigenvalue weighted by atomic mass is 10.2. The second kappa shape index (κ2) is 7.65. The van der Waals surface area contributed by atoms with Crippen molar-refractivity contribution in [3.63, 3.8) is 0 Å². The van der Waals surface area contributed by atoms with Gasteiger partial charge in [0.05, 0.1) is 30.1 Å². The Morgan fingerprint density at radius 2 is 2.32 bits per heavy atom. The van der Waals surface area contributed by atoms with Crippen LogP contribution in [0.4, 0.5) is 0 Å². The fourth-order valence-electron chi connectivity index (χ4n) is 1.82. The van der Waals surface area contributed by atoms with Crippen LogP contribution in [0.2, 0.25) is 5.02 Å². The normalized spacial score (nSPS) is 19.4. The number of aromatic nitrogens is 1. The molecule has 2 rings (SSSR count). The molecule has 0 aromatic carbocycles. The zero-order valence-corrected chi connectivity index (χ0v) is 11.4. The van der Waals surface area contributed by atoms with Gasteiger partial charge in [0, 0.05) is 6.61 Å². The van der Waals surface area contributed by atoms with Crippen LogP contribution in [0.5, 0.6) is 5.75 Å². The van der Waals surface area contributed by atoms with Crippen LogP contribution >= 0.6 is 11.6 Å². The lowest BCUT2D eigenvalue weighted by molar-refractivity contribution is -0.165. The van der Waals surface area contributed by atoms with E-state index >= 15 is 0 Å². The van der Waals surface area contributed by atoms with Crippen molar-refractivity contribution in [2.24, 2.45) is 0 Å². The van der Waals surface area contributed by atoms with Crippen molar-refractivity contribution < 1.29 is 19.3 Å². The Hall–Kier alpha value is -0.880. The van der Waals surface area contributed by atoms with Crippen molar-refractivity contribution in [3.05, 3.63) is 23.0 Å². The molecule has 0 saturated carbocycles. The van der Waals surface area contributed by atoms with Gasteiger partial charge in [0.25, 0.3) is 0 Å². The number of hydrogen-bond acceptors (Lipinski definition) is 5.